The molecule has 2 heterocycles. The van der Waals surface area contributed by atoms with Crippen molar-refractivity contribution in [3.63, 3.8) is 0 Å². The molecule has 1 aromatic heterocycles. The SMILES string of the molecule is NC1(CCOc2ccccc2)N=CC=C(NCc2cccnc2)N1. The second kappa shape index (κ2) is 7.61. The lowest BCUT2D eigenvalue weighted by Crippen LogP contribution is -2.55. The Morgan fingerprint density at radius 3 is 2.83 bits per heavy atom. The molecule has 1 unspecified atom stereocenters. The van der Waals surface area contributed by atoms with Gasteiger partial charge in [0.2, 0.25) is 0 Å². The van der Waals surface area contributed by atoms with Crippen LogP contribution in [0.4, 0.5) is 0 Å². The molecule has 0 bridgehead atoms. The molecule has 1 aromatic carbocycles. The number of benzene rings is 1. The summed E-state index contributed by atoms with van der Waals surface area (Å²) < 4.78 is 5.70. The summed E-state index contributed by atoms with van der Waals surface area (Å²) in [6, 6.07) is 13.6. The minimum Gasteiger partial charge on any atom is -0.493 e. The minimum absolute atomic E-state index is 0.473. The van der Waals surface area contributed by atoms with Crippen molar-refractivity contribution in [3.8, 4) is 5.75 Å². The van der Waals surface area contributed by atoms with E-state index in [1.807, 2.05) is 54.7 Å². The number of hydrogen-bond donors (Lipinski definition) is 3. The van der Waals surface area contributed by atoms with Crippen LogP contribution >= 0.6 is 0 Å². The molecule has 0 radical (unpaired) electrons. The lowest BCUT2D eigenvalue weighted by Gasteiger charge is -2.31. The van der Waals surface area contributed by atoms with E-state index in [2.05, 4.69) is 20.6 Å². The normalized spacial score (nSPS) is 19.3. The Hall–Kier alpha value is -2.86. The van der Waals surface area contributed by atoms with Gasteiger partial charge in [0.25, 0.3) is 0 Å². The fraction of sp³-hybridized carbons (Fsp3) is 0.222. The molecular formula is C18H21N5O. The van der Waals surface area contributed by atoms with E-state index in [1.165, 1.54) is 0 Å². The van der Waals surface area contributed by atoms with Gasteiger partial charge in [-0.3, -0.25) is 15.7 Å². The van der Waals surface area contributed by atoms with Crippen LogP contribution in [0, 0.1) is 0 Å². The Labute approximate surface area is 141 Å². The largest absolute Gasteiger partial charge is 0.493 e. The summed E-state index contributed by atoms with van der Waals surface area (Å²) in [5.41, 5.74) is 7.40. The van der Waals surface area contributed by atoms with E-state index in [1.54, 1.807) is 12.4 Å². The molecule has 1 atom stereocenters. The highest BCUT2D eigenvalue weighted by Crippen LogP contribution is 2.13. The molecular weight excluding hydrogens is 302 g/mol. The molecule has 0 fully saturated rings. The van der Waals surface area contributed by atoms with Crippen LogP contribution in [0.5, 0.6) is 5.75 Å². The van der Waals surface area contributed by atoms with Crippen LogP contribution in [-0.4, -0.2) is 23.6 Å². The van der Waals surface area contributed by atoms with Crippen LogP contribution in [0.2, 0.25) is 0 Å². The molecule has 6 heteroatoms. The summed E-state index contributed by atoms with van der Waals surface area (Å²) >= 11 is 0. The standard InChI is InChI=1S/C18H21N5O/c19-18(9-12-24-16-6-2-1-3-7-16)22-11-8-17(23-18)21-14-15-5-4-10-20-13-15/h1-8,10-11,13,21,23H,9,12,14,19H2. The van der Waals surface area contributed by atoms with Crippen LogP contribution in [-0.2, 0) is 6.54 Å². The first-order chi connectivity index (χ1) is 11.7. The third-order valence-electron chi connectivity index (χ3n) is 3.60. The van der Waals surface area contributed by atoms with E-state index in [9.17, 15) is 0 Å². The van der Waals surface area contributed by atoms with Gasteiger partial charge in [0.15, 0.2) is 5.79 Å². The first-order valence-corrected chi connectivity index (χ1v) is 7.87. The monoisotopic (exact) mass is 323 g/mol. The van der Waals surface area contributed by atoms with Gasteiger partial charge in [0.05, 0.1) is 6.61 Å². The number of aliphatic imine (C=N–C) groups is 1. The van der Waals surface area contributed by atoms with Gasteiger partial charge in [-0.05, 0) is 29.8 Å². The molecule has 0 amide bonds. The number of nitrogens with zero attached hydrogens (tertiary/aromatic N) is 2. The van der Waals surface area contributed by atoms with Crippen molar-refractivity contribution in [2.24, 2.45) is 10.7 Å². The average molecular weight is 323 g/mol. The third kappa shape index (κ3) is 4.57. The number of rotatable bonds is 7. The minimum atomic E-state index is -0.874. The molecule has 2 aromatic rings. The van der Waals surface area contributed by atoms with Crippen LogP contribution in [0.25, 0.3) is 0 Å². The molecule has 1 aliphatic heterocycles. The molecule has 6 nitrogen and oxygen atoms in total. The fourth-order valence-corrected chi connectivity index (χ4v) is 2.32. The smallest absolute Gasteiger partial charge is 0.186 e. The summed E-state index contributed by atoms with van der Waals surface area (Å²) in [6.07, 6.45) is 7.70. The zero-order valence-electron chi connectivity index (χ0n) is 13.4. The second-order valence-corrected chi connectivity index (χ2v) is 5.53. The third-order valence-corrected chi connectivity index (χ3v) is 3.60. The van der Waals surface area contributed by atoms with Gasteiger partial charge in [-0.15, -0.1) is 0 Å². The fourth-order valence-electron chi connectivity index (χ4n) is 2.32. The van der Waals surface area contributed by atoms with Gasteiger partial charge in [-0.25, -0.2) is 0 Å². The number of pyridine rings is 1. The number of nitrogens with two attached hydrogens (primary N) is 1. The molecule has 0 aliphatic carbocycles. The van der Waals surface area contributed by atoms with Crippen LogP contribution in [0.3, 0.4) is 0 Å². The molecule has 3 rings (SSSR count). The Bertz CT molecular complexity index is 702. The Morgan fingerprint density at radius 2 is 2.04 bits per heavy atom. The number of ether oxygens (including phenoxy) is 1. The molecule has 4 N–H and O–H groups in total. The van der Waals surface area contributed by atoms with E-state index >= 15 is 0 Å². The topological polar surface area (TPSA) is 84.6 Å². The van der Waals surface area contributed by atoms with Crippen molar-refractivity contribution < 1.29 is 4.74 Å². The molecule has 0 spiro atoms. The van der Waals surface area contributed by atoms with Gasteiger partial charge in [0, 0.05) is 31.6 Å². The predicted molar refractivity (Wildman–Crippen MR) is 94.3 cm³/mol. The first kappa shape index (κ1) is 16.0. The molecule has 1 aliphatic rings. The Balaban J connectivity index is 1.48. The average Bonchev–Trinajstić information content (AvgIpc) is 2.62. The summed E-state index contributed by atoms with van der Waals surface area (Å²) in [5.74, 6) is 0.781. The van der Waals surface area contributed by atoms with Crippen molar-refractivity contribution in [3.05, 3.63) is 72.3 Å². The van der Waals surface area contributed by atoms with Crippen LogP contribution in [0.1, 0.15) is 12.0 Å². The van der Waals surface area contributed by atoms with Crippen molar-refractivity contribution in [1.82, 2.24) is 15.6 Å². The number of hydrogen-bond acceptors (Lipinski definition) is 6. The van der Waals surface area contributed by atoms with Crippen molar-refractivity contribution in [1.29, 1.82) is 0 Å². The molecule has 124 valence electrons. The Kier molecular flexibility index (Phi) is 5.08. The van der Waals surface area contributed by atoms with E-state index in [0.29, 0.717) is 19.6 Å². The van der Waals surface area contributed by atoms with Gasteiger partial charge < -0.3 is 15.4 Å². The number of para-hydroxylation sites is 1. The quantitative estimate of drug-likeness (QED) is 0.723. The highest BCUT2D eigenvalue weighted by atomic mass is 16.5. The maximum absolute atomic E-state index is 6.30. The van der Waals surface area contributed by atoms with Gasteiger partial charge in [-0.2, -0.15) is 0 Å². The zero-order chi connectivity index (χ0) is 16.7. The van der Waals surface area contributed by atoms with Crippen LogP contribution < -0.4 is 21.1 Å². The van der Waals surface area contributed by atoms with E-state index in [0.717, 1.165) is 17.1 Å². The van der Waals surface area contributed by atoms with E-state index < -0.39 is 5.79 Å². The molecule has 0 saturated heterocycles. The Morgan fingerprint density at radius 1 is 1.17 bits per heavy atom. The number of nitrogens with one attached hydrogen (secondary N) is 2. The van der Waals surface area contributed by atoms with Gasteiger partial charge >= 0.3 is 0 Å². The predicted octanol–water partition coefficient (Wildman–Crippen LogP) is 1.77. The summed E-state index contributed by atoms with van der Waals surface area (Å²) in [4.78, 5) is 8.43. The summed E-state index contributed by atoms with van der Waals surface area (Å²) in [6.45, 7) is 1.14. The van der Waals surface area contributed by atoms with Gasteiger partial charge in [0.1, 0.15) is 11.6 Å². The summed E-state index contributed by atoms with van der Waals surface area (Å²) in [7, 11) is 0. The van der Waals surface area contributed by atoms with Crippen molar-refractivity contribution >= 4 is 6.21 Å². The molecule has 0 saturated carbocycles. The number of allylic oxidation sites excluding steroid dienone is 1. The van der Waals surface area contributed by atoms with E-state index in [4.69, 9.17) is 10.5 Å². The number of aromatic nitrogens is 1. The van der Waals surface area contributed by atoms with Crippen molar-refractivity contribution in [2.75, 3.05) is 6.61 Å². The lowest BCUT2D eigenvalue weighted by atomic mass is 10.2. The molecule has 24 heavy (non-hydrogen) atoms. The second-order valence-electron chi connectivity index (χ2n) is 5.53. The highest BCUT2D eigenvalue weighted by Gasteiger charge is 2.25. The zero-order valence-corrected chi connectivity index (χ0v) is 13.4. The van der Waals surface area contributed by atoms with Crippen molar-refractivity contribution in [2.45, 2.75) is 18.8 Å². The first-order valence-electron chi connectivity index (χ1n) is 7.87. The van der Waals surface area contributed by atoms with E-state index in [-0.39, 0.29) is 0 Å². The summed E-state index contributed by atoms with van der Waals surface area (Å²) in [5, 5.41) is 6.51. The maximum Gasteiger partial charge on any atom is 0.186 e. The van der Waals surface area contributed by atoms with Crippen LogP contribution in [0.15, 0.2) is 71.7 Å². The highest BCUT2D eigenvalue weighted by molar-refractivity contribution is 5.73. The van der Waals surface area contributed by atoms with Gasteiger partial charge in [-0.1, -0.05) is 24.3 Å². The lowest BCUT2D eigenvalue weighted by molar-refractivity contribution is 0.239. The maximum atomic E-state index is 6.30.